The molecule has 0 bridgehead atoms. The van der Waals surface area contributed by atoms with E-state index < -0.39 is 11.6 Å². The molecule has 2 aromatic carbocycles. The summed E-state index contributed by atoms with van der Waals surface area (Å²) in [7, 11) is 0. The fraction of sp³-hybridized carbons (Fsp3) is 0.294. The molecule has 20 heavy (non-hydrogen) atoms. The van der Waals surface area contributed by atoms with Crippen molar-refractivity contribution in [3.05, 3.63) is 65.2 Å². The van der Waals surface area contributed by atoms with Gasteiger partial charge in [-0.2, -0.15) is 0 Å². The minimum atomic E-state index is -0.460. The molecule has 0 fully saturated rings. The lowest BCUT2D eigenvalue weighted by molar-refractivity contribution is 0.444. The first-order valence-corrected chi connectivity index (χ1v) is 6.92. The Balaban J connectivity index is 1.85. The molecule has 1 heterocycles. The van der Waals surface area contributed by atoms with Gasteiger partial charge in [-0.3, -0.25) is 0 Å². The molecular weight excluding hydrogens is 256 g/mol. The number of hydrogen-bond acceptors (Lipinski definition) is 1. The zero-order valence-electron chi connectivity index (χ0n) is 11.4. The second-order valence-electron chi connectivity index (χ2n) is 5.49. The predicted octanol–water partition coefficient (Wildman–Crippen LogP) is 4.18. The molecule has 1 aliphatic rings. The van der Waals surface area contributed by atoms with Gasteiger partial charge in [-0.05, 0) is 42.5 Å². The monoisotopic (exact) mass is 273 g/mol. The van der Waals surface area contributed by atoms with E-state index in [-0.39, 0.29) is 11.6 Å². The summed E-state index contributed by atoms with van der Waals surface area (Å²) in [5.74, 6) is -0.584. The largest absolute Gasteiger partial charge is 0.381 e. The quantitative estimate of drug-likeness (QED) is 0.865. The fourth-order valence-corrected chi connectivity index (χ4v) is 2.87. The van der Waals surface area contributed by atoms with Gasteiger partial charge in [-0.1, -0.05) is 31.2 Å². The van der Waals surface area contributed by atoms with Crippen molar-refractivity contribution in [2.75, 3.05) is 5.32 Å². The average Bonchev–Trinajstić information content (AvgIpc) is 2.43. The Morgan fingerprint density at radius 3 is 2.50 bits per heavy atom. The van der Waals surface area contributed by atoms with Crippen LogP contribution >= 0.6 is 0 Å². The van der Waals surface area contributed by atoms with Gasteiger partial charge in [-0.25, -0.2) is 8.78 Å². The molecule has 2 atom stereocenters. The van der Waals surface area contributed by atoms with Crippen molar-refractivity contribution >= 4 is 5.69 Å². The van der Waals surface area contributed by atoms with E-state index in [1.165, 1.54) is 23.8 Å². The average molecular weight is 273 g/mol. The molecule has 3 heteroatoms. The predicted molar refractivity (Wildman–Crippen MR) is 76.8 cm³/mol. The molecule has 2 aromatic rings. The van der Waals surface area contributed by atoms with Gasteiger partial charge in [-0.15, -0.1) is 0 Å². The third-order valence-electron chi connectivity index (χ3n) is 4.07. The maximum Gasteiger partial charge on any atom is 0.129 e. The highest BCUT2D eigenvalue weighted by Gasteiger charge is 2.26. The summed E-state index contributed by atoms with van der Waals surface area (Å²) in [6, 6.07) is 12.2. The highest BCUT2D eigenvalue weighted by molar-refractivity contribution is 5.54. The Morgan fingerprint density at radius 1 is 1.05 bits per heavy atom. The molecule has 0 saturated carbocycles. The van der Waals surface area contributed by atoms with E-state index >= 15 is 0 Å². The molecule has 0 radical (unpaired) electrons. The number of benzene rings is 2. The summed E-state index contributed by atoms with van der Waals surface area (Å²) in [4.78, 5) is 0. The Bertz CT molecular complexity index is 604. The Morgan fingerprint density at radius 2 is 1.75 bits per heavy atom. The van der Waals surface area contributed by atoms with Crippen LogP contribution < -0.4 is 5.32 Å². The van der Waals surface area contributed by atoms with E-state index in [9.17, 15) is 8.78 Å². The smallest absolute Gasteiger partial charge is 0.129 e. The summed E-state index contributed by atoms with van der Waals surface area (Å²) < 4.78 is 27.5. The zero-order chi connectivity index (χ0) is 14.1. The first-order valence-electron chi connectivity index (χ1n) is 6.92. The third kappa shape index (κ3) is 2.40. The number of hydrogen-bond donors (Lipinski definition) is 1. The minimum Gasteiger partial charge on any atom is -0.381 e. The van der Waals surface area contributed by atoms with Gasteiger partial charge in [0.25, 0.3) is 0 Å². The molecule has 2 unspecified atom stereocenters. The van der Waals surface area contributed by atoms with Crippen molar-refractivity contribution in [3.63, 3.8) is 0 Å². The number of fused-ring (bicyclic) bond motifs is 1. The van der Waals surface area contributed by atoms with Crippen LogP contribution in [-0.2, 0) is 12.8 Å². The maximum atomic E-state index is 13.8. The minimum absolute atomic E-state index is 0.0521. The molecule has 0 saturated heterocycles. The summed E-state index contributed by atoms with van der Waals surface area (Å²) >= 11 is 0. The van der Waals surface area contributed by atoms with E-state index in [4.69, 9.17) is 0 Å². The summed E-state index contributed by atoms with van der Waals surface area (Å²) in [5, 5.41) is 3.42. The van der Waals surface area contributed by atoms with E-state index in [1.54, 1.807) is 0 Å². The standard InChI is InChI=1S/C17H17F2N/c1-11-9-12-5-2-3-8-16(12)20-17(11)10-13-14(18)6-4-7-15(13)19/h2-8,11,17,20H,9-10H2,1H3. The number of rotatable bonds is 2. The normalized spacial score (nSPS) is 21.1. The molecule has 0 amide bonds. The first kappa shape index (κ1) is 13.1. The second kappa shape index (κ2) is 5.23. The summed E-state index contributed by atoms with van der Waals surface area (Å²) in [5.41, 5.74) is 2.52. The molecule has 1 aliphatic heterocycles. The third-order valence-corrected chi connectivity index (χ3v) is 4.07. The Hall–Kier alpha value is -1.90. The lowest BCUT2D eigenvalue weighted by Gasteiger charge is -2.33. The van der Waals surface area contributed by atoms with Gasteiger partial charge in [0.2, 0.25) is 0 Å². The van der Waals surface area contributed by atoms with Crippen LogP contribution in [0.2, 0.25) is 0 Å². The van der Waals surface area contributed by atoms with Crippen LogP contribution in [0.25, 0.3) is 0 Å². The van der Waals surface area contributed by atoms with E-state index in [2.05, 4.69) is 18.3 Å². The molecule has 0 aromatic heterocycles. The van der Waals surface area contributed by atoms with Crippen LogP contribution in [-0.4, -0.2) is 6.04 Å². The van der Waals surface area contributed by atoms with Crippen LogP contribution in [0.3, 0.4) is 0 Å². The van der Waals surface area contributed by atoms with Crippen LogP contribution in [0, 0.1) is 17.6 Å². The highest BCUT2D eigenvalue weighted by atomic mass is 19.1. The second-order valence-corrected chi connectivity index (χ2v) is 5.49. The van der Waals surface area contributed by atoms with Crippen LogP contribution in [0.15, 0.2) is 42.5 Å². The van der Waals surface area contributed by atoms with Crippen molar-refractivity contribution in [1.82, 2.24) is 0 Å². The van der Waals surface area contributed by atoms with Crippen molar-refractivity contribution in [2.45, 2.75) is 25.8 Å². The van der Waals surface area contributed by atoms with E-state index in [0.29, 0.717) is 12.3 Å². The van der Waals surface area contributed by atoms with Crippen LogP contribution in [0.1, 0.15) is 18.1 Å². The molecule has 0 spiro atoms. The number of para-hydroxylation sites is 1. The number of anilines is 1. The van der Waals surface area contributed by atoms with Crippen molar-refractivity contribution in [1.29, 1.82) is 0 Å². The number of halogens is 2. The highest BCUT2D eigenvalue weighted by Crippen LogP contribution is 2.30. The molecular formula is C17H17F2N. The van der Waals surface area contributed by atoms with Gasteiger partial charge < -0.3 is 5.32 Å². The summed E-state index contributed by atoms with van der Waals surface area (Å²) in [6.45, 7) is 2.12. The van der Waals surface area contributed by atoms with Crippen molar-refractivity contribution in [2.24, 2.45) is 5.92 Å². The Labute approximate surface area is 117 Å². The topological polar surface area (TPSA) is 12.0 Å². The van der Waals surface area contributed by atoms with E-state index in [0.717, 1.165) is 12.1 Å². The molecule has 1 nitrogen and oxygen atoms in total. The van der Waals surface area contributed by atoms with Gasteiger partial charge in [0.1, 0.15) is 11.6 Å². The van der Waals surface area contributed by atoms with Gasteiger partial charge in [0, 0.05) is 17.3 Å². The first-order chi connectivity index (χ1) is 9.65. The lowest BCUT2D eigenvalue weighted by Crippen LogP contribution is -2.35. The Kier molecular flexibility index (Phi) is 3.43. The zero-order valence-corrected chi connectivity index (χ0v) is 11.4. The van der Waals surface area contributed by atoms with Crippen molar-refractivity contribution < 1.29 is 8.78 Å². The fourth-order valence-electron chi connectivity index (χ4n) is 2.87. The van der Waals surface area contributed by atoms with Gasteiger partial charge in [0.15, 0.2) is 0 Å². The SMILES string of the molecule is CC1Cc2ccccc2NC1Cc1c(F)cccc1F. The maximum absolute atomic E-state index is 13.8. The molecule has 0 aliphatic carbocycles. The molecule has 3 rings (SSSR count). The van der Waals surface area contributed by atoms with E-state index in [1.807, 2.05) is 18.2 Å². The number of nitrogens with one attached hydrogen (secondary N) is 1. The molecule has 1 N–H and O–H groups in total. The van der Waals surface area contributed by atoms with Crippen LogP contribution in [0.4, 0.5) is 14.5 Å². The van der Waals surface area contributed by atoms with Gasteiger partial charge in [0.05, 0.1) is 0 Å². The lowest BCUT2D eigenvalue weighted by atomic mass is 9.85. The molecule has 104 valence electrons. The van der Waals surface area contributed by atoms with Gasteiger partial charge >= 0.3 is 0 Å². The van der Waals surface area contributed by atoms with Crippen molar-refractivity contribution in [3.8, 4) is 0 Å². The summed E-state index contributed by atoms with van der Waals surface area (Å²) in [6.07, 6.45) is 1.30. The van der Waals surface area contributed by atoms with Crippen LogP contribution in [0.5, 0.6) is 0 Å².